The van der Waals surface area contributed by atoms with Gasteiger partial charge in [0, 0.05) is 28.7 Å². The summed E-state index contributed by atoms with van der Waals surface area (Å²) in [4.78, 5) is 28.5. The number of sulfonamides is 1. The van der Waals surface area contributed by atoms with E-state index in [1.807, 2.05) is 19.9 Å². The average molecular weight is 591 g/mol. The van der Waals surface area contributed by atoms with E-state index in [4.69, 9.17) is 23.2 Å². The largest absolute Gasteiger partial charge is 0.355 e. The predicted molar refractivity (Wildman–Crippen MR) is 157 cm³/mol. The molecule has 1 N–H and O–H groups in total. The Morgan fingerprint density at radius 3 is 2.03 bits per heavy atom. The van der Waals surface area contributed by atoms with E-state index in [9.17, 15) is 18.0 Å². The zero-order valence-corrected chi connectivity index (χ0v) is 24.8. The summed E-state index contributed by atoms with van der Waals surface area (Å²) in [6, 6.07) is 17.4. The van der Waals surface area contributed by atoms with Gasteiger partial charge in [0.2, 0.25) is 11.8 Å². The number of likely N-dealkylation sites (N-methyl/N-ethyl adjacent to an activating group) is 1. The third kappa shape index (κ3) is 7.32. The van der Waals surface area contributed by atoms with Crippen molar-refractivity contribution in [2.75, 3.05) is 17.4 Å². The van der Waals surface area contributed by atoms with Gasteiger partial charge in [-0.3, -0.25) is 13.9 Å². The molecule has 0 radical (unpaired) electrons. The topological polar surface area (TPSA) is 86.8 Å². The van der Waals surface area contributed by atoms with Crippen LogP contribution in [0.15, 0.2) is 71.6 Å². The fourth-order valence-electron chi connectivity index (χ4n) is 4.41. The van der Waals surface area contributed by atoms with Crippen LogP contribution in [0, 0.1) is 13.8 Å². The molecule has 10 heteroatoms. The van der Waals surface area contributed by atoms with Crippen LogP contribution in [0.3, 0.4) is 0 Å². The molecule has 208 valence electrons. The van der Waals surface area contributed by atoms with Crippen LogP contribution in [0.2, 0.25) is 10.0 Å². The van der Waals surface area contributed by atoms with Crippen LogP contribution in [-0.2, 0) is 26.2 Å². The fraction of sp³-hybridized carbons (Fsp3) is 0.310. The molecule has 0 aromatic heterocycles. The molecular formula is C29H33Cl2N3O4S. The average Bonchev–Trinajstić information content (AvgIpc) is 2.88. The Hall–Kier alpha value is -3.07. The lowest BCUT2D eigenvalue weighted by Gasteiger charge is -2.33. The molecule has 0 aliphatic rings. The first-order valence-electron chi connectivity index (χ1n) is 12.7. The third-order valence-corrected chi connectivity index (χ3v) is 8.73. The lowest BCUT2D eigenvalue weighted by Crippen LogP contribution is -2.52. The molecule has 7 nitrogen and oxygen atoms in total. The SMILES string of the molecule is CCNC(=O)[C@@H](CC)N(Cc1c(Cl)cccc1Cl)C(=O)CN(c1cc(C)cc(C)c1)S(=O)(=O)c1ccccc1. The van der Waals surface area contributed by atoms with Crippen LogP contribution in [-0.4, -0.2) is 44.3 Å². The number of carbonyl (C=O) groups is 2. The number of halogens is 2. The number of nitrogens with one attached hydrogen (secondary N) is 1. The van der Waals surface area contributed by atoms with Crippen LogP contribution in [0.25, 0.3) is 0 Å². The Kier molecular flexibility index (Phi) is 10.4. The van der Waals surface area contributed by atoms with E-state index < -0.39 is 28.5 Å². The zero-order chi connectivity index (χ0) is 28.7. The van der Waals surface area contributed by atoms with Crippen molar-refractivity contribution in [3.8, 4) is 0 Å². The summed E-state index contributed by atoms with van der Waals surface area (Å²) in [6.45, 7) is 7.07. The van der Waals surface area contributed by atoms with Gasteiger partial charge in [-0.1, -0.05) is 60.5 Å². The Morgan fingerprint density at radius 2 is 1.49 bits per heavy atom. The van der Waals surface area contributed by atoms with E-state index in [1.165, 1.54) is 17.0 Å². The van der Waals surface area contributed by atoms with Crippen molar-refractivity contribution in [3.05, 3.63) is 93.5 Å². The highest BCUT2D eigenvalue weighted by Crippen LogP contribution is 2.29. The normalized spacial score (nSPS) is 12.1. The smallest absolute Gasteiger partial charge is 0.264 e. The molecule has 0 saturated carbocycles. The van der Waals surface area contributed by atoms with Gasteiger partial charge in [0.25, 0.3) is 10.0 Å². The molecule has 0 spiro atoms. The highest BCUT2D eigenvalue weighted by atomic mass is 35.5. The van der Waals surface area contributed by atoms with Crippen molar-refractivity contribution in [1.82, 2.24) is 10.2 Å². The van der Waals surface area contributed by atoms with Gasteiger partial charge in [0.05, 0.1) is 10.6 Å². The number of aryl methyl sites for hydroxylation is 2. The van der Waals surface area contributed by atoms with Gasteiger partial charge in [0.1, 0.15) is 12.6 Å². The Morgan fingerprint density at radius 1 is 0.897 bits per heavy atom. The Balaban J connectivity index is 2.12. The highest BCUT2D eigenvalue weighted by molar-refractivity contribution is 7.92. The summed E-state index contributed by atoms with van der Waals surface area (Å²) in [5.41, 5.74) is 2.52. The summed E-state index contributed by atoms with van der Waals surface area (Å²) >= 11 is 12.9. The fourth-order valence-corrected chi connectivity index (χ4v) is 6.34. The number of benzene rings is 3. The molecule has 3 aromatic carbocycles. The van der Waals surface area contributed by atoms with Crippen molar-refractivity contribution in [2.24, 2.45) is 0 Å². The van der Waals surface area contributed by atoms with Crippen molar-refractivity contribution in [2.45, 2.75) is 51.6 Å². The van der Waals surface area contributed by atoms with Gasteiger partial charge in [-0.25, -0.2) is 8.42 Å². The van der Waals surface area contributed by atoms with Gasteiger partial charge >= 0.3 is 0 Å². The lowest BCUT2D eigenvalue weighted by molar-refractivity contribution is -0.140. The van der Waals surface area contributed by atoms with Gasteiger partial charge < -0.3 is 10.2 Å². The van der Waals surface area contributed by atoms with E-state index in [1.54, 1.807) is 62.4 Å². The van der Waals surface area contributed by atoms with Crippen LogP contribution in [0.1, 0.15) is 37.0 Å². The molecule has 0 aliphatic heterocycles. The molecule has 0 fully saturated rings. The zero-order valence-electron chi connectivity index (χ0n) is 22.4. The van der Waals surface area contributed by atoms with Gasteiger partial charge in [-0.2, -0.15) is 0 Å². The van der Waals surface area contributed by atoms with E-state index in [0.717, 1.165) is 15.4 Å². The minimum atomic E-state index is -4.14. The van der Waals surface area contributed by atoms with Crippen LogP contribution in [0.4, 0.5) is 5.69 Å². The van der Waals surface area contributed by atoms with Crippen molar-refractivity contribution in [3.63, 3.8) is 0 Å². The maximum absolute atomic E-state index is 14.1. The van der Waals surface area contributed by atoms with Crippen LogP contribution >= 0.6 is 23.2 Å². The Labute approximate surface area is 240 Å². The summed E-state index contributed by atoms with van der Waals surface area (Å²) in [7, 11) is -4.14. The standard InChI is InChI=1S/C29H33Cl2N3O4S/c1-5-27(29(36)32-6-2)33(18-24-25(30)13-10-14-26(24)31)28(35)19-34(22-16-20(3)15-21(4)17-22)39(37,38)23-11-8-7-9-12-23/h7-17,27H,5-6,18-19H2,1-4H3,(H,32,36)/t27-/m1/s1. The number of anilines is 1. The predicted octanol–water partition coefficient (Wildman–Crippen LogP) is 5.75. The molecule has 2 amide bonds. The molecule has 0 bridgehead atoms. The van der Waals surface area contributed by atoms with Crippen molar-refractivity contribution >= 4 is 50.7 Å². The van der Waals surface area contributed by atoms with Gasteiger partial charge in [-0.15, -0.1) is 0 Å². The summed E-state index contributed by atoms with van der Waals surface area (Å²) in [5.74, 6) is -0.914. The summed E-state index contributed by atoms with van der Waals surface area (Å²) < 4.78 is 28.9. The minimum absolute atomic E-state index is 0.0495. The molecule has 3 rings (SSSR count). The van der Waals surface area contributed by atoms with Gasteiger partial charge in [0.15, 0.2) is 0 Å². The first-order chi connectivity index (χ1) is 18.5. The lowest BCUT2D eigenvalue weighted by atomic mass is 10.1. The molecule has 0 unspecified atom stereocenters. The first-order valence-corrected chi connectivity index (χ1v) is 14.8. The molecule has 0 heterocycles. The Bertz CT molecular complexity index is 1390. The molecule has 1 atom stereocenters. The maximum Gasteiger partial charge on any atom is 0.264 e. The second-order valence-corrected chi connectivity index (χ2v) is 11.9. The van der Waals surface area contributed by atoms with Crippen LogP contribution in [0.5, 0.6) is 0 Å². The van der Waals surface area contributed by atoms with Gasteiger partial charge in [-0.05, 0) is 74.7 Å². The molecule has 0 saturated heterocycles. The molecule has 3 aromatic rings. The molecular weight excluding hydrogens is 557 g/mol. The van der Waals surface area contributed by atoms with E-state index in [0.29, 0.717) is 34.3 Å². The second-order valence-electron chi connectivity index (χ2n) is 9.21. The third-order valence-electron chi connectivity index (χ3n) is 6.23. The second kappa shape index (κ2) is 13.3. The number of rotatable bonds is 11. The van der Waals surface area contributed by atoms with E-state index >= 15 is 0 Å². The monoisotopic (exact) mass is 589 g/mol. The number of amides is 2. The summed E-state index contributed by atoms with van der Waals surface area (Å²) in [5, 5.41) is 3.46. The van der Waals surface area contributed by atoms with Crippen LogP contribution < -0.4 is 9.62 Å². The summed E-state index contributed by atoms with van der Waals surface area (Å²) in [6.07, 6.45) is 0.300. The maximum atomic E-state index is 14.1. The number of hydrogen-bond acceptors (Lipinski definition) is 4. The van der Waals surface area contributed by atoms with Crippen molar-refractivity contribution < 1.29 is 18.0 Å². The minimum Gasteiger partial charge on any atom is -0.355 e. The van der Waals surface area contributed by atoms with E-state index in [2.05, 4.69) is 5.32 Å². The first kappa shape index (κ1) is 30.5. The quantitative estimate of drug-likeness (QED) is 0.308. The number of hydrogen-bond donors (Lipinski definition) is 1. The molecule has 0 aliphatic carbocycles. The van der Waals surface area contributed by atoms with E-state index in [-0.39, 0.29) is 17.3 Å². The highest BCUT2D eigenvalue weighted by Gasteiger charge is 2.34. The molecule has 39 heavy (non-hydrogen) atoms. The number of nitrogens with zero attached hydrogens (tertiary/aromatic N) is 2. The van der Waals surface area contributed by atoms with Crippen molar-refractivity contribution in [1.29, 1.82) is 0 Å². The number of carbonyl (C=O) groups excluding carboxylic acids is 2.